The van der Waals surface area contributed by atoms with Gasteiger partial charge in [0, 0.05) is 74.0 Å². The number of nitrogens with one attached hydrogen (secondary N) is 1. The number of amidine groups is 1. The van der Waals surface area contributed by atoms with E-state index in [0.29, 0.717) is 25.2 Å². The van der Waals surface area contributed by atoms with Crippen LogP contribution in [0.2, 0.25) is 0 Å². The summed E-state index contributed by atoms with van der Waals surface area (Å²) in [5, 5.41) is 2.41. The number of alkyl halides is 2. The highest BCUT2D eigenvalue weighted by Crippen LogP contribution is 2.28. The molecule has 3 N–H and O–H groups in total. The first-order valence-corrected chi connectivity index (χ1v) is 12.8. The molecule has 3 heterocycles. The molecule has 0 unspecified atom stereocenters. The summed E-state index contributed by atoms with van der Waals surface area (Å²) < 4.78 is 41.6. The Bertz CT molecular complexity index is 1400. The van der Waals surface area contributed by atoms with Crippen molar-refractivity contribution in [1.29, 1.82) is 0 Å². The number of carbonyl (C=O) groups excluding carboxylic acids is 2. The Labute approximate surface area is 230 Å². The quantitative estimate of drug-likeness (QED) is 0.488. The Morgan fingerprint density at radius 2 is 2.08 bits per heavy atom. The number of carbonyl (C=O) groups is 2. The maximum atomic E-state index is 15.6. The number of aliphatic imine (C=N–C) groups is 2. The summed E-state index contributed by atoms with van der Waals surface area (Å²) in [5.41, 5.74) is 6.49. The molecule has 40 heavy (non-hydrogen) atoms. The molecule has 0 aliphatic carbocycles. The van der Waals surface area contributed by atoms with Gasteiger partial charge in [-0.05, 0) is 43.2 Å². The molecule has 2 aromatic rings. The predicted octanol–water partition coefficient (Wildman–Crippen LogP) is 4.57. The molecule has 9 nitrogen and oxygen atoms in total. The lowest BCUT2D eigenvalue weighted by molar-refractivity contribution is -0.132. The molecule has 0 radical (unpaired) electrons. The van der Waals surface area contributed by atoms with Crippen molar-refractivity contribution in [2.75, 3.05) is 25.5 Å². The Morgan fingerprint density at radius 1 is 1.27 bits per heavy atom. The molecular formula is C28H30F3N7O2. The van der Waals surface area contributed by atoms with Crippen molar-refractivity contribution in [1.82, 2.24) is 14.8 Å². The predicted molar refractivity (Wildman–Crippen MR) is 147 cm³/mol. The van der Waals surface area contributed by atoms with Gasteiger partial charge in [0.2, 0.25) is 5.91 Å². The maximum absolute atomic E-state index is 15.6. The number of nitrogens with two attached hydrogens (primary N) is 1. The van der Waals surface area contributed by atoms with Crippen molar-refractivity contribution in [3.63, 3.8) is 0 Å². The number of benzene rings is 1. The van der Waals surface area contributed by atoms with Gasteiger partial charge in [-0.2, -0.15) is 0 Å². The zero-order valence-corrected chi connectivity index (χ0v) is 22.2. The van der Waals surface area contributed by atoms with Gasteiger partial charge in [0.15, 0.2) is 0 Å². The minimum atomic E-state index is -2.73. The van der Waals surface area contributed by atoms with Crippen LogP contribution in [0, 0.1) is 11.7 Å². The lowest BCUT2D eigenvalue weighted by atomic mass is 9.98. The van der Waals surface area contributed by atoms with Crippen LogP contribution < -0.4 is 11.1 Å². The highest BCUT2D eigenvalue weighted by atomic mass is 19.3. The van der Waals surface area contributed by atoms with Crippen LogP contribution in [0.1, 0.15) is 54.1 Å². The summed E-state index contributed by atoms with van der Waals surface area (Å²) in [4.78, 5) is 41.1. The van der Waals surface area contributed by atoms with E-state index in [2.05, 4.69) is 20.3 Å². The summed E-state index contributed by atoms with van der Waals surface area (Å²) >= 11 is 0. The van der Waals surface area contributed by atoms with Gasteiger partial charge in [0.1, 0.15) is 28.9 Å². The number of likely N-dealkylation sites (N-methyl/N-ethyl adjacent to an activating group) is 1. The van der Waals surface area contributed by atoms with Crippen molar-refractivity contribution in [2.45, 2.75) is 32.6 Å². The number of aromatic nitrogens is 1. The molecule has 1 fully saturated rings. The maximum Gasteiger partial charge on any atom is 0.264 e. The van der Waals surface area contributed by atoms with E-state index in [4.69, 9.17) is 5.73 Å². The fourth-order valence-electron chi connectivity index (χ4n) is 4.53. The molecule has 12 heteroatoms. The number of hydrogen-bond acceptors (Lipinski definition) is 7. The second kappa shape index (κ2) is 12.6. The monoisotopic (exact) mass is 553 g/mol. The molecule has 0 spiro atoms. The number of rotatable bonds is 7. The lowest BCUT2D eigenvalue weighted by Crippen LogP contribution is -2.40. The van der Waals surface area contributed by atoms with E-state index in [-0.39, 0.29) is 45.9 Å². The largest absolute Gasteiger partial charge is 0.382 e. The minimum Gasteiger partial charge on any atom is -0.382 e. The first-order chi connectivity index (χ1) is 19.2. The van der Waals surface area contributed by atoms with Gasteiger partial charge in [-0.15, -0.1) is 0 Å². The Hall–Kier alpha value is -4.48. The summed E-state index contributed by atoms with van der Waals surface area (Å²) in [6, 6.07) is 6.03. The Morgan fingerprint density at radius 3 is 2.77 bits per heavy atom. The van der Waals surface area contributed by atoms with Gasteiger partial charge in [0.25, 0.3) is 12.3 Å². The van der Waals surface area contributed by atoms with E-state index in [1.807, 2.05) is 6.92 Å². The zero-order chi connectivity index (χ0) is 28.8. The summed E-state index contributed by atoms with van der Waals surface area (Å²) in [5.74, 6) is -1.38. The average molecular weight is 554 g/mol. The third-order valence-electron chi connectivity index (χ3n) is 6.61. The fourth-order valence-corrected chi connectivity index (χ4v) is 4.53. The van der Waals surface area contributed by atoms with E-state index in [1.54, 1.807) is 29.3 Å². The molecule has 1 saturated heterocycles. The molecule has 2 amide bonds. The van der Waals surface area contributed by atoms with E-state index in [1.165, 1.54) is 18.3 Å². The third-order valence-corrected chi connectivity index (χ3v) is 6.61. The number of anilines is 1. The Kier molecular flexibility index (Phi) is 8.97. The van der Waals surface area contributed by atoms with Crippen LogP contribution >= 0.6 is 0 Å². The number of hydrogen-bond donors (Lipinski definition) is 2. The third kappa shape index (κ3) is 6.56. The first kappa shape index (κ1) is 28.5. The van der Waals surface area contributed by atoms with Gasteiger partial charge in [-0.25, -0.2) is 23.1 Å². The number of amides is 2. The van der Waals surface area contributed by atoms with Crippen LogP contribution in [0.25, 0.3) is 5.70 Å². The normalized spacial score (nSPS) is 18.8. The van der Waals surface area contributed by atoms with Crippen LogP contribution in [-0.2, 0) is 4.79 Å². The molecular weight excluding hydrogens is 523 g/mol. The van der Waals surface area contributed by atoms with Crippen molar-refractivity contribution >= 4 is 35.4 Å². The van der Waals surface area contributed by atoms with Gasteiger partial charge in [-0.1, -0.05) is 6.92 Å². The molecule has 1 aromatic heterocycles. The number of pyridine rings is 1. The van der Waals surface area contributed by atoms with Crippen LogP contribution in [0.3, 0.4) is 0 Å². The molecule has 0 bridgehead atoms. The molecule has 4 rings (SSSR count). The van der Waals surface area contributed by atoms with Gasteiger partial charge < -0.3 is 20.9 Å². The number of halogens is 3. The average Bonchev–Trinajstić information content (AvgIpc) is 2.94. The number of piperidine rings is 1. The van der Waals surface area contributed by atoms with Crippen LogP contribution in [-0.4, -0.2) is 58.8 Å². The Balaban J connectivity index is 1.64. The van der Waals surface area contributed by atoms with Crippen molar-refractivity contribution in [3.05, 3.63) is 77.1 Å². The highest BCUT2D eigenvalue weighted by Gasteiger charge is 2.24. The van der Waals surface area contributed by atoms with E-state index in [0.717, 1.165) is 37.2 Å². The van der Waals surface area contributed by atoms with E-state index >= 15 is 4.39 Å². The van der Waals surface area contributed by atoms with Gasteiger partial charge in [-0.3, -0.25) is 14.6 Å². The van der Waals surface area contributed by atoms with E-state index in [9.17, 15) is 18.4 Å². The van der Waals surface area contributed by atoms with Crippen molar-refractivity contribution in [2.24, 2.45) is 21.6 Å². The molecule has 1 atom stereocenters. The highest BCUT2D eigenvalue weighted by molar-refractivity contribution is 6.06. The van der Waals surface area contributed by atoms with Crippen LogP contribution in [0.15, 0.2) is 64.6 Å². The minimum absolute atomic E-state index is 0.0351. The molecule has 0 saturated carbocycles. The number of nitrogens with zero attached hydrogens (tertiary/aromatic N) is 5. The van der Waals surface area contributed by atoms with Gasteiger partial charge in [0.05, 0.1) is 0 Å². The molecule has 2 aliphatic rings. The second-order valence-electron chi connectivity index (χ2n) is 9.42. The van der Waals surface area contributed by atoms with Crippen LogP contribution in [0.5, 0.6) is 0 Å². The number of likely N-dealkylation sites (tertiary alicyclic amines) is 1. The molecule has 1 aromatic carbocycles. The zero-order valence-electron chi connectivity index (χ0n) is 22.2. The fraction of sp³-hybridized carbons (Fsp3) is 0.321. The topological polar surface area (TPSA) is 116 Å². The second-order valence-corrected chi connectivity index (χ2v) is 9.42. The van der Waals surface area contributed by atoms with E-state index < -0.39 is 18.1 Å². The lowest BCUT2D eigenvalue weighted by Gasteiger charge is -2.31. The smallest absolute Gasteiger partial charge is 0.264 e. The summed E-state index contributed by atoms with van der Waals surface area (Å²) in [6.45, 7) is 3.03. The van der Waals surface area contributed by atoms with Crippen molar-refractivity contribution < 1.29 is 22.8 Å². The van der Waals surface area contributed by atoms with Crippen molar-refractivity contribution in [3.8, 4) is 0 Å². The molecule has 210 valence electrons. The standard InChI is InChI=1S/C28H30F3N7O2/c1-3-23(39)38-11-4-5-17(16-38)15-35-24(25-27(32)34-10-12-37(25)2)20-7-6-19(13-21(20)29)28(40)36-22-14-18(26(30)31)8-9-33-22/h6-10,12-15,17,26H,3-5,11,16H2,1-2H3,(H2,32,34)(H,33,36,40)/b25-24-,35-15?/t17-/m0/s1. The SMILES string of the molecule is CCC(=O)N1CCC[C@@H](C=N/C(=C2/C(N)=NC=CN2C)c2ccc(C(=O)Nc3cc(C(F)F)ccn3)cc2F)C1. The summed E-state index contributed by atoms with van der Waals surface area (Å²) in [6.07, 6.45) is 5.37. The first-order valence-electron chi connectivity index (χ1n) is 12.8. The van der Waals surface area contributed by atoms with Crippen LogP contribution in [0.4, 0.5) is 19.0 Å². The van der Waals surface area contributed by atoms with Gasteiger partial charge >= 0.3 is 0 Å². The molecule has 2 aliphatic heterocycles. The summed E-state index contributed by atoms with van der Waals surface area (Å²) in [7, 11) is 1.73.